The first kappa shape index (κ1) is 15.4. The summed E-state index contributed by atoms with van der Waals surface area (Å²) < 4.78 is 27.7. The number of hydrogen-bond donors (Lipinski definition) is 1. The van der Waals surface area contributed by atoms with E-state index in [9.17, 15) is 8.42 Å². The van der Waals surface area contributed by atoms with E-state index in [1.54, 1.807) is 17.5 Å². The molecule has 2 heterocycles. The minimum absolute atomic E-state index is 0.103. The van der Waals surface area contributed by atoms with Crippen LogP contribution >= 0.6 is 11.3 Å². The van der Waals surface area contributed by atoms with E-state index in [4.69, 9.17) is 0 Å². The van der Waals surface area contributed by atoms with Gasteiger partial charge in [-0.05, 0) is 36.3 Å². The van der Waals surface area contributed by atoms with Crippen molar-refractivity contribution in [3.05, 3.63) is 35.0 Å². The third-order valence-electron chi connectivity index (χ3n) is 3.62. The van der Waals surface area contributed by atoms with E-state index in [1.165, 1.54) is 11.3 Å². The van der Waals surface area contributed by atoms with Crippen LogP contribution in [0, 0.1) is 0 Å². The fraction of sp³-hybridized carbons (Fsp3) is 0.429. The van der Waals surface area contributed by atoms with E-state index in [0.717, 1.165) is 24.1 Å². The number of anilines is 1. The first-order valence-electron chi connectivity index (χ1n) is 7.03. The van der Waals surface area contributed by atoms with Crippen LogP contribution in [0.25, 0.3) is 0 Å². The largest absolute Gasteiger partial charge is 0.347 e. The van der Waals surface area contributed by atoms with E-state index < -0.39 is 10.0 Å². The summed E-state index contributed by atoms with van der Waals surface area (Å²) in [6, 6.07) is 3.26. The molecular formula is C14H18N4O2S2. The molecule has 2 aromatic heterocycles. The number of sulfonamides is 1. The summed E-state index contributed by atoms with van der Waals surface area (Å²) >= 11 is 1.23. The number of nitrogens with one attached hydrogen (secondary N) is 1. The predicted molar refractivity (Wildman–Crippen MR) is 86.8 cm³/mol. The Labute approximate surface area is 134 Å². The highest BCUT2D eigenvalue weighted by atomic mass is 32.2. The monoisotopic (exact) mass is 338 g/mol. The van der Waals surface area contributed by atoms with Gasteiger partial charge in [-0.2, -0.15) is 0 Å². The second kappa shape index (κ2) is 5.94. The molecule has 1 unspecified atom stereocenters. The number of thiophene rings is 1. The average molecular weight is 338 g/mol. The summed E-state index contributed by atoms with van der Waals surface area (Å²) in [5.41, 5.74) is 2.04. The first-order valence-corrected chi connectivity index (χ1v) is 9.40. The van der Waals surface area contributed by atoms with Crippen molar-refractivity contribution in [1.29, 1.82) is 0 Å². The molecule has 0 aliphatic heterocycles. The maximum Gasteiger partial charge on any atom is 0.250 e. The fourth-order valence-electron chi connectivity index (χ4n) is 2.51. The molecule has 0 radical (unpaired) electrons. The third-order valence-corrected chi connectivity index (χ3v) is 6.54. The van der Waals surface area contributed by atoms with Gasteiger partial charge < -0.3 is 4.90 Å². The van der Waals surface area contributed by atoms with Crippen LogP contribution in [0.3, 0.4) is 0 Å². The van der Waals surface area contributed by atoms with Gasteiger partial charge in [0.1, 0.15) is 4.21 Å². The van der Waals surface area contributed by atoms with E-state index in [0.29, 0.717) is 16.6 Å². The van der Waals surface area contributed by atoms with Crippen molar-refractivity contribution >= 4 is 27.3 Å². The van der Waals surface area contributed by atoms with E-state index in [1.807, 2.05) is 25.2 Å². The molecule has 0 aromatic carbocycles. The Morgan fingerprint density at radius 2 is 2.23 bits per heavy atom. The number of nitrogens with zero attached hydrogens (tertiary/aromatic N) is 3. The SMILES string of the molecule is CN(C)c1ncc2c(n1)CCC(NS(=O)(=O)c1cccs1)C2. The topological polar surface area (TPSA) is 75.2 Å². The molecule has 118 valence electrons. The molecule has 0 saturated heterocycles. The molecule has 6 nitrogen and oxygen atoms in total. The molecule has 0 bridgehead atoms. The Bertz CT molecular complexity index is 757. The lowest BCUT2D eigenvalue weighted by atomic mass is 9.94. The van der Waals surface area contributed by atoms with Crippen LogP contribution in [0.2, 0.25) is 0 Å². The van der Waals surface area contributed by atoms with Crippen LogP contribution in [0.15, 0.2) is 27.9 Å². The van der Waals surface area contributed by atoms with Gasteiger partial charge in [0, 0.05) is 32.0 Å². The normalized spacial score (nSPS) is 18.0. The number of fused-ring (bicyclic) bond motifs is 1. The number of hydrogen-bond acceptors (Lipinski definition) is 6. The van der Waals surface area contributed by atoms with E-state index in [-0.39, 0.29) is 6.04 Å². The highest BCUT2D eigenvalue weighted by Crippen LogP contribution is 2.23. The molecule has 1 aliphatic rings. The third kappa shape index (κ3) is 3.13. The van der Waals surface area contributed by atoms with Crippen LogP contribution in [-0.2, 0) is 22.9 Å². The Balaban J connectivity index is 1.75. The van der Waals surface area contributed by atoms with E-state index in [2.05, 4.69) is 14.7 Å². The van der Waals surface area contributed by atoms with Crippen LogP contribution in [0.5, 0.6) is 0 Å². The molecule has 0 saturated carbocycles. The lowest BCUT2D eigenvalue weighted by Gasteiger charge is -2.25. The lowest BCUT2D eigenvalue weighted by Crippen LogP contribution is -2.38. The predicted octanol–water partition coefficient (Wildman–Crippen LogP) is 1.44. The van der Waals surface area contributed by atoms with Gasteiger partial charge in [0.15, 0.2) is 0 Å². The summed E-state index contributed by atoms with van der Waals surface area (Å²) in [6.07, 6.45) is 3.95. The second-order valence-electron chi connectivity index (χ2n) is 5.53. The van der Waals surface area contributed by atoms with Gasteiger partial charge in [0.05, 0.1) is 0 Å². The minimum atomic E-state index is -3.42. The van der Waals surface area contributed by atoms with Gasteiger partial charge in [-0.25, -0.2) is 23.1 Å². The van der Waals surface area contributed by atoms with Gasteiger partial charge in [-0.3, -0.25) is 0 Å². The molecule has 2 aromatic rings. The Kier molecular flexibility index (Phi) is 4.16. The smallest absolute Gasteiger partial charge is 0.250 e. The van der Waals surface area contributed by atoms with Crippen molar-refractivity contribution in [1.82, 2.24) is 14.7 Å². The second-order valence-corrected chi connectivity index (χ2v) is 8.42. The maximum atomic E-state index is 12.3. The van der Waals surface area contributed by atoms with Gasteiger partial charge in [0.2, 0.25) is 16.0 Å². The van der Waals surface area contributed by atoms with Crippen molar-refractivity contribution in [2.24, 2.45) is 0 Å². The Hall–Kier alpha value is -1.51. The molecule has 1 atom stereocenters. The van der Waals surface area contributed by atoms with Crippen molar-refractivity contribution in [3.8, 4) is 0 Å². The molecule has 0 spiro atoms. The number of rotatable bonds is 4. The standard InChI is InChI=1S/C14H18N4O2S2/c1-18(2)14-15-9-10-8-11(5-6-12(10)16-14)17-22(19,20)13-4-3-7-21-13/h3-4,7,9,11,17H,5-6,8H2,1-2H3. The molecule has 1 aliphatic carbocycles. The Morgan fingerprint density at radius 3 is 2.91 bits per heavy atom. The highest BCUT2D eigenvalue weighted by Gasteiger charge is 2.26. The van der Waals surface area contributed by atoms with Gasteiger partial charge in [-0.15, -0.1) is 11.3 Å². The summed E-state index contributed by atoms with van der Waals surface area (Å²) in [7, 11) is 0.389. The molecule has 1 N–H and O–H groups in total. The van der Waals surface area contributed by atoms with Crippen molar-refractivity contribution in [2.45, 2.75) is 29.5 Å². The zero-order chi connectivity index (χ0) is 15.7. The van der Waals surface area contributed by atoms with Crippen molar-refractivity contribution in [3.63, 3.8) is 0 Å². The van der Waals surface area contributed by atoms with Crippen LogP contribution in [0.4, 0.5) is 5.95 Å². The highest BCUT2D eigenvalue weighted by molar-refractivity contribution is 7.91. The van der Waals surface area contributed by atoms with E-state index >= 15 is 0 Å². The van der Waals surface area contributed by atoms with Crippen LogP contribution in [-0.4, -0.2) is 38.5 Å². The average Bonchev–Trinajstić information content (AvgIpc) is 3.01. The number of aryl methyl sites for hydroxylation is 1. The maximum absolute atomic E-state index is 12.3. The zero-order valence-electron chi connectivity index (χ0n) is 12.5. The summed E-state index contributed by atoms with van der Waals surface area (Å²) in [4.78, 5) is 10.7. The minimum Gasteiger partial charge on any atom is -0.347 e. The molecule has 3 rings (SSSR count). The van der Waals surface area contributed by atoms with Crippen LogP contribution < -0.4 is 9.62 Å². The molecule has 22 heavy (non-hydrogen) atoms. The van der Waals surface area contributed by atoms with Gasteiger partial charge in [0.25, 0.3) is 0 Å². The number of aromatic nitrogens is 2. The molecule has 0 fully saturated rings. The fourth-order valence-corrected chi connectivity index (χ4v) is 4.79. The summed E-state index contributed by atoms with van der Waals surface area (Å²) in [5, 5.41) is 1.77. The first-order chi connectivity index (χ1) is 10.5. The molecule has 8 heteroatoms. The Morgan fingerprint density at radius 1 is 1.41 bits per heavy atom. The summed E-state index contributed by atoms with van der Waals surface area (Å²) in [6.45, 7) is 0. The van der Waals surface area contributed by atoms with Crippen LogP contribution in [0.1, 0.15) is 17.7 Å². The molecular weight excluding hydrogens is 320 g/mol. The molecule has 0 amide bonds. The van der Waals surface area contributed by atoms with Crippen molar-refractivity contribution in [2.75, 3.05) is 19.0 Å². The van der Waals surface area contributed by atoms with Crippen molar-refractivity contribution < 1.29 is 8.42 Å². The quantitative estimate of drug-likeness (QED) is 0.913. The lowest BCUT2D eigenvalue weighted by molar-refractivity contribution is 0.502. The summed E-state index contributed by atoms with van der Waals surface area (Å²) in [5.74, 6) is 0.691. The zero-order valence-corrected chi connectivity index (χ0v) is 14.1. The van der Waals surface area contributed by atoms with Gasteiger partial charge >= 0.3 is 0 Å². The van der Waals surface area contributed by atoms with Gasteiger partial charge in [-0.1, -0.05) is 6.07 Å².